The second-order valence-corrected chi connectivity index (χ2v) is 5.59. The SMILES string of the molecule is Cc1ccsc1CN(C)C(=O)c1cc(N)cnc1C. The number of hydrogen-bond donors (Lipinski definition) is 1. The molecule has 2 aromatic rings. The van der Waals surface area contributed by atoms with Gasteiger partial charge in [-0.3, -0.25) is 9.78 Å². The lowest BCUT2D eigenvalue weighted by atomic mass is 10.1. The highest BCUT2D eigenvalue weighted by atomic mass is 32.1. The molecule has 0 unspecified atom stereocenters. The maximum Gasteiger partial charge on any atom is 0.255 e. The lowest BCUT2D eigenvalue weighted by Gasteiger charge is -2.18. The van der Waals surface area contributed by atoms with Gasteiger partial charge in [0.05, 0.1) is 29.7 Å². The average molecular weight is 275 g/mol. The molecule has 0 aliphatic heterocycles. The van der Waals surface area contributed by atoms with Crippen molar-refractivity contribution < 1.29 is 4.79 Å². The molecule has 100 valence electrons. The Balaban J connectivity index is 2.19. The van der Waals surface area contributed by atoms with Crippen LogP contribution in [0.4, 0.5) is 5.69 Å². The van der Waals surface area contributed by atoms with E-state index in [0.717, 1.165) is 0 Å². The number of nitrogens with zero attached hydrogens (tertiary/aromatic N) is 2. The fourth-order valence-corrected chi connectivity index (χ4v) is 2.78. The first-order valence-electron chi connectivity index (χ1n) is 5.99. The van der Waals surface area contributed by atoms with Crippen LogP contribution < -0.4 is 5.73 Å². The molecule has 0 atom stereocenters. The molecule has 0 spiro atoms. The maximum atomic E-state index is 12.4. The summed E-state index contributed by atoms with van der Waals surface area (Å²) in [5.41, 5.74) is 8.69. The van der Waals surface area contributed by atoms with Gasteiger partial charge in [-0.25, -0.2) is 0 Å². The van der Waals surface area contributed by atoms with Gasteiger partial charge in [0, 0.05) is 11.9 Å². The van der Waals surface area contributed by atoms with Crippen molar-refractivity contribution in [3.05, 3.63) is 45.4 Å². The van der Waals surface area contributed by atoms with Crippen LogP contribution in [-0.2, 0) is 6.54 Å². The molecular weight excluding hydrogens is 258 g/mol. The van der Waals surface area contributed by atoms with E-state index in [1.54, 1.807) is 35.5 Å². The zero-order valence-electron chi connectivity index (χ0n) is 11.3. The predicted molar refractivity (Wildman–Crippen MR) is 78.2 cm³/mol. The normalized spacial score (nSPS) is 10.5. The Labute approximate surface area is 116 Å². The van der Waals surface area contributed by atoms with Crippen molar-refractivity contribution in [2.75, 3.05) is 12.8 Å². The van der Waals surface area contributed by atoms with Gasteiger partial charge in [0.2, 0.25) is 0 Å². The molecule has 0 fully saturated rings. The molecule has 0 aromatic carbocycles. The number of amides is 1. The lowest BCUT2D eigenvalue weighted by Crippen LogP contribution is -2.27. The van der Waals surface area contributed by atoms with E-state index in [0.29, 0.717) is 23.5 Å². The molecule has 0 saturated carbocycles. The van der Waals surface area contributed by atoms with E-state index < -0.39 is 0 Å². The third-order valence-electron chi connectivity index (χ3n) is 3.03. The van der Waals surface area contributed by atoms with E-state index in [1.807, 2.05) is 12.3 Å². The summed E-state index contributed by atoms with van der Waals surface area (Å²) in [7, 11) is 1.80. The van der Waals surface area contributed by atoms with Gasteiger partial charge < -0.3 is 10.6 Å². The van der Waals surface area contributed by atoms with Crippen LogP contribution in [0, 0.1) is 13.8 Å². The summed E-state index contributed by atoms with van der Waals surface area (Å²) in [6.07, 6.45) is 1.57. The van der Waals surface area contributed by atoms with Crippen LogP contribution in [0.1, 0.15) is 26.5 Å². The highest BCUT2D eigenvalue weighted by Crippen LogP contribution is 2.19. The molecule has 2 aromatic heterocycles. The molecule has 0 saturated heterocycles. The second-order valence-electron chi connectivity index (χ2n) is 4.59. The molecule has 2 N–H and O–H groups in total. The average Bonchev–Trinajstić information content (AvgIpc) is 2.77. The van der Waals surface area contributed by atoms with Crippen molar-refractivity contribution in [2.24, 2.45) is 0 Å². The van der Waals surface area contributed by atoms with Gasteiger partial charge in [0.25, 0.3) is 5.91 Å². The Morgan fingerprint density at radius 2 is 2.21 bits per heavy atom. The molecule has 4 nitrogen and oxygen atoms in total. The fourth-order valence-electron chi connectivity index (χ4n) is 1.82. The Bertz CT molecular complexity index is 606. The van der Waals surface area contributed by atoms with E-state index in [2.05, 4.69) is 18.0 Å². The summed E-state index contributed by atoms with van der Waals surface area (Å²) in [4.78, 5) is 19.4. The molecule has 0 bridgehead atoms. The second kappa shape index (κ2) is 5.40. The van der Waals surface area contributed by atoms with Crippen LogP contribution in [0.25, 0.3) is 0 Å². The number of aromatic nitrogens is 1. The van der Waals surface area contributed by atoms with Gasteiger partial charge >= 0.3 is 0 Å². The van der Waals surface area contributed by atoms with Gasteiger partial charge in [-0.05, 0) is 36.9 Å². The first-order valence-corrected chi connectivity index (χ1v) is 6.87. The number of anilines is 1. The van der Waals surface area contributed by atoms with Crippen LogP contribution >= 0.6 is 11.3 Å². The molecule has 1 amide bonds. The minimum absolute atomic E-state index is 0.0508. The third-order valence-corrected chi connectivity index (χ3v) is 4.04. The first kappa shape index (κ1) is 13.5. The van der Waals surface area contributed by atoms with Crippen molar-refractivity contribution >= 4 is 22.9 Å². The molecular formula is C14H17N3OS. The van der Waals surface area contributed by atoms with Crippen LogP contribution in [-0.4, -0.2) is 22.8 Å². The van der Waals surface area contributed by atoms with E-state index in [9.17, 15) is 4.79 Å². The molecule has 0 aliphatic rings. The number of pyridine rings is 1. The quantitative estimate of drug-likeness (QED) is 0.936. The number of nitrogens with two attached hydrogens (primary N) is 1. The molecule has 2 rings (SSSR count). The smallest absolute Gasteiger partial charge is 0.255 e. The van der Waals surface area contributed by atoms with Gasteiger partial charge in [0.1, 0.15) is 0 Å². The molecule has 5 heteroatoms. The van der Waals surface area contributed by atoms with E-state index >= 15 is 0 Å². The van der Waals surface area contributed by atoms with Crippen LogP contribution in [0.2, 0.25) is 0 Å². The number of hydrogen-bond acceptors (Lipinski definition) is 4. The zero-order valence-corrected chi connectivity index (χ0v) is 12.1. The number of aryl methyl sites for hydroxylation is 2. The van der Waals surface area contributed by atoms with Gasteiger partial charge in [-0.15, -0.1) is 11.3 Å². The molecule has 0 aliphatic carbocycles. The topological polar surface area (TPSA) is 59.2 Å². The van der Waals surface area contributed by atoms with Crippen LogP contribution in [0.3, 0.4) is 0 Å². The van der Waals surface area contributed by atoms with Crippen molar-refractivity contribution in [1.82, 2.24) is 9.88 Å². The Morgan fingerprint density at radius 1 is 1.47 bits per heavy atom. The van der Waals surface area contributed by atoms with Crippen molar-refractivity contribution in [3.63, 3.8) is 0 Å². The standard InChI is InChI=1S/C14H17N3OS/c1-9-4-5-19-13(9)8-17(3)14(18)12-6-11(15)7-16-10(12)2/h4-7H,8,15H2,1-3H3. The summed E-state index contributed by atoms with van der Waals surface area (Å²) in [6, 6.07) is 3.74. The summed E-state index contributed by atoms with van der Waals surface area (Å²) in [5, 5.41) is 2.04. The zero-order chi connectivity index (χ0) is 14.0. The third kappa shape index (κ3) is 2.93. The van der Waals surface area contributed by atoms with Crippen LogP contribution in [0.15, 0.2) is 23.7 Å². The van der Waals surface area contributed by atoms with Crippen LogP contribution in [0.5, 0.6) is 0 Å². The van der Waals surface area contributed by atoms with Gasteiger partial charge in [-0.2, -0.15) is 0 Å². The summed E-state index contributed by atoms with van der Waals surface area (Å²) < 4.78 is 0. The molecule has 0 radical (unpaired) electrons. The highest BCUT2D eigenvalue weighted by molar-refractivity contribution is 7.10. The largest absolute Gasteiger partial charge is 0.397 e. The summed E-state index contributed by atoms with van der Waals surface area (Å²) >= 11 is 1.66. The Hall–Kier alpha value is -1.88. The Morgan fingerprint density at radius 3 is 2.84 bits per heavy atom. The number of nitrogen functional groups attached to an aromatic ring is 1. The van der Waals surface area contributed by atoms with E-state index in [-0.39, 0.29) is 5.91 Å². The maximum absolute atomic E-state index is 12.4. The Kier molecular flexibility index (Phi) is 3.85. The number of carbonyl (C=O) groups is 1. The first-order chi connectivity index (χ1) is 8.99. The lowest BCUT2D eigenvalue weighted by molar-refractivity contribution is 0.0785. The van der Waals surface area contributed by atoms with Crippen molar-refractivity contribution in [3.8, 4) is 0 Å². The predicted octanol–water partition coefficient (Wildman–Crippen LogP) is 2.61. The van der Waals surface area contributed by atoms with E-state index in [4.69, 9.17) is 5.73 Å². The summed E-state index contributed by atoms with van der Waals surface area (Å²) in [5.74, 6) is -0.0508. The highest BCUT2D eigenvalue weighted by Gasteiger charge is 2.16. The monoisotopic (exact) mass is 275 g/mol. The fraction of sp³-hybridized carbons (Fsp3) is 0.286. The minimum atomic E-state index is -0.0508. The number of rotatable bonds is 3. The van der Waals surface area contributed by atoms with Crippen molar-refractivity contribution in [2.45, 2.75) is 20.4 Å². The molecule has 19 heavy (non-hydrogen) atoms. The number of carbonyl (C=O) groups excluding carboxylic acids is 1. The summed E-state index contributed by atoms with van der Waals surface area (Å²) in [6.45, 7) is 4.48. The van der Waals surface area contributed by atoms with Gasteiger partial charge in [-0.1, -0.05) is 0 Å². The van der Waals surface area contributed by atoms with E-state index in [1.165, 1.54) is 10.4 Å². The molecule has 2 heterocycles. The van der Waals surface area contributed by atoms with Crippen molar-refractivity contribution in [1.29, 1.82) is 0 Å². The number of thiophene rings is 1. The van der Waals surface area contributed by atoms with Gasteiger partial charge in [0.15, 0.2) is 0 Å². The minimum Gasteiger partial charge on any atom is -0.397 e.